The molecule has 0 saturated heterocycles. The van der Waals surface area contributed by atoms with E-state index in [1.165, 1.54) is 0 Å². The summed E-state index contributed by atoms with van der Waals surface area (Å²) in [5.74, 6) is 0.571. The first-order valence-corrected chi connectivity index (χ1v) is 9.96. The summed E-state index contributed by atoms with van der Waals surface area (Å²) in [5, 5.41) is 5.77. The number of allylic oxidation sites excluding steroid dienone is 1. The van der Waals surface area contributed by atoms with Gasteiger partial charge in [0.15, 0.2) is 0 Å². The zero-order valence-corrected chi connectivity index (χ0v) is 16.2. The molecule has 0 aromatic rings. The van der Waals surface area contributed by atoms with Crippen LogP contribution in [0.2, 0.25) is 0 Å². The van der Waals surface area contributed by atoms with Crippen LogP contribution >= 0.6 is 21.6 Å². The maximum absolute atomic E-state index is 11.3. The molecule has 0 bridgehead atoms. The lowest BCUT2D eigenvalue weighted by Crippen LogP contribution is -2.29. The predicted molar refractivity (Wildman–Crippen MR) is 99.0 cm³/mol. The van der Waals surface area contributed by atoms with E-state index >= 15 is 0 Å². The fraction of sp³-hybridized carbons (Fsp3) is 0.800. The highest BCUT2D eigenvalue weighted by Gasteiger charge is 2.17. The van der Waals surface area contributed by atoms with Crippen LogP contribution in [0.25, 0.3) is 0 Å². The van der Waals surface area contributed by atoms with Crippen LogP contribution in [0.15, 0.2) is 12.2 Å². The average molecular weight is 367 g/mol. The van der Waals surface area contributed by atoms with Gasteiger partial charge in [0, 0.05) is 17.8 Å². The van der Waals surface area contributed by atoms with E-state index in [9.17, 15) is 4.79 Å². The van der Waals surface area contributed by atoms with Crippen molar-refractivity contribution in [1.82, 2.24) is 10.6 Å². The Morgan fingerprint density at radius 1 is 1.22 bits per heavy atom. The second-order valence-corrected chi connectivity index (χ2v) is 8.17. The lowest BCUT2D eigenvalue weighted by atomic mass is 10.2. The molecule has 2 N–H and O–H groups in total. The van der Waals surface area contributed by atoms with Gasteiger partial charge in [0.05, 0.1) is 19.8 Å². The second kappa shape index (κ2) is 15.1. The molecule has 6 nitrogen and oxygen atoms in total. The van der Waals surface area contributed by atoms with Gasteiger partial charge in [-0.25, -0.2) is 4.79 Å². The van der Waals surface area contributed by atoms with Crippen LogP contribution < -0.4 is 10.6 Å². The van der Waals surface area contributed by atoms with Crippen LogP contribution in [0.1, 0.15) is 20.8 Å². The molecule has 0 aromatic heterocycles. The molecule has 0 fully saturated rings. The van der Waals surface area contributed by atoms with Gasteiger partial charge in [-0.1, -0.05) is 33.7 Å². The summed E-state index contributed by atoms with van der Waals surface area (Å²) in [6, 6.07) is 0. The molecule has 0 heterocycles. The molecule has 0 rings (SSSR count). The van der Waals surface area contributed by atoms with Gasteiger partial charge in [-0.3, -0.25) is 0 Å². The van der Waals surface area contributed by atoms with E-state index in [-0.39, 0.29) is 11.4 Å². The zero-order chi connectivity index (χ0) is 17.4. The van der Waals surface area contributed by atoms with Crippen molar-refractivity contribution in [3.63, 3.8) is 0 Å². The molecule has 0 saturated carbocycles. The SMILES string of the molecule is C/C=C/COCCNC(=O)OCCOCSSC(C)(C)CNC. The van der Waals surface area contributed by atoms with E-state index in [1.807, 2.05) is 26.1 Å². The summed E-state index contributed by atoms with van der Waals surface area (Å²) < 4.78 is 15.8. The Kier molecular flexibility index (Phi) is 14.9. The number of hydrogen-bond donors (Lipinski definition) is 2. The molecule has 8 heteroatoms. The Morgan fingerprint density at radius 2 is 2.00 bits per heavy atom. The van der Waals surface area contributed by atoms with Crippen LogP contribution in [0.3, 0.4) is 0 Å². The Hall–Kier alpha value is -0.410. The topological polar surface area (TPSA) is 68.8 Å². The fourth-order valence-electron chi connectivity index (χ4n) is 1.45. The highest BCUT2D eigenvalue weighted by Crippen LogP contribution is 2.34. The lowest BCUT2D eigenvalue weighted by Gasteiger charge is -2.22. The van der Waals surface area contributed by atoms with E-state index in [1.54, 1.807) is 21.6 Å². The largest absolute Gasteiger partial charge is 0.447 e. The van der Waals surface area contributed by atoms with E-state index < -0.39 is 6.09 Å². The van der Waals surface area contributed by atoms with Crippen molar-refractivity contribution < 1.29 is 19.0 Å². The number of rotatable bonds is 14. The van der Waals surface area contributed by atoms with E-state index in [0.717, 1.165) is 6.54 Å². The number of amides is 1. The summed E-state index contributed by atoms with van der Waals surface area (Å²) in [7, 11) is 5.38. The summed E-state index contributed by atoms with van der Waals surface area (Å²) >= 11 is 0. The quantitative estimate of drug-likeness (QED) is 0.212. The van der Waals surface area contributed by atoms with Crippen LogP contribution in [0.5, 0.6) is 0 Å². The van der Waals surface area contributed by atoms with Gasteiger partial charge in [0.25, 0.3) is 0 Å². The van der Waals surface area contributed by atoms with Gasteiger partial charge in [0.1, 0.15) is 12.5 Å². The molecule has 0 aliphatic carbocycles. The normalized spacial score (nSPS) is 11.8. The highest BCUT2D eigenvalue weighted by molar-refractivity contribution is 8.77. The molecule has 0 aliphatic rings. The molecule has 0 aliphatic heterocycles. The first kappa shape index (κ1) is 22.6. The third-order valence-corrected chi connectivity index (χ3v) is 5.42. The van der Waals surface area contributed by atoms with Crippen molar-refractivity contribution >= 4 is 27.7 Å². The van der Waals surface area contributed by atoms with Gasteiger partial charge >= 0.3 is 6.09 Å². The Bertz CT molecular complexity index is 329. The van der Waals surface area contributed by atoms with Crippen molar-refractivity contribution in [2.75, 3.05) is 52.5 Å². The summed E-state index contributed by atoms with van der Waals surface area (Å²) in [5.41, 5.74) is 0. The van der Waals surface area contributed by atoms with Gasteiger partial charge in [0.2, 0.25) is 0 Å². The summed E-state index contributed by atoms with van der Waals surface area (Å²) in [6.45, 7) is 9.32. The molecular formula is C15H30N2O4S2. The first-order chi connectivity index (χ1) is 11.0. The monoisotopic (exact) mass is 366 g/mol. The molecule has 1 amide bonds. The maximum Gasteiger partial charge on any atom is 0.407 e. The Morgan fingerprint density at radius 3 is 2.70 bits per heavy atom. The molecule has 136 valence electrons. The van der Waals surface area contributed by atoms with Gasteiger partial charge < -0.3 is 24.8 Å². The van der Waals surface area contributed by atoms with Gasteiger partial charge in [-0.05, 0) is 27.8 Å². The minimum Gasteiger partial charge on any atom is -0.447 e. The molecule has 0 atom stereocenters. The number of carbonyl (C=O) groups excluding carboxylic acids is 1. The van der Waals surface area contributed by atoms with Gasteiger partial charge in [-0.2, -0.15) is 0 Å². The number of nitrogens with one attached hydrogen (secondary N) is 2. The minimum atomic E-state index is -0.444. The Labute approximate surface area is 147 Å². The number of alkyl carbamates (subject to hydrolysis) is 1. The van der Waals surface area contributed by atoms with Crippen molar-refractivity contribution in [3.8, 4) is 0 Å². The van der Waals surface area contributed by atoms with Crippen LogP contribution in [0.4, 0.5) is 4.79 Å². The van der Waals surface area contributed by atoms with E-state index in [0.29, 0.717) is 32.3 Å². The van der Waals surface area contributed by atoms with Crippen molar-refractivity contribution in [2.45, 2.75) is 25.5 Å². The van der Waals surface area contributed by atoms with Gasteiger partial charge in [-0.15, -0.1) is 0 Å². The van der Waals surface area contributed by atoms with Crippen molar-refractivity contribution in [3.05, 3.63) is 12.2 Å². The smallest absolute Gasteiger partial charge is 0.407 e. The predicted octanol–water partition coefficient (Wildman–Crippen LogP) is 2.66. The maximum atomic E-state index is 11.3. The molecule has 0 unspecified atom stereocenters. The number of hydrogen-bond acceptors (Lipinski definition) is 7. The highest BCUT2D eigenvalue weighted by atomic mass is 33.1. The Balaban J connectivity index is 3.35. The van der Waals surface area contributed by atoms with E-state index in [4.69, 9.17) is 14.2 Å². The van der Waals surface area contributed by atoms with Crippen LogP contribution in [0, 0.1) is 0 Å². The average Bonchev–Trinajstić information content (AvgIpc) is 2.49. The van der Waals surface area contributed by atoms with Crippen LogP contribution in [-0.4, -0.2) is 63.3 Å². The summed E-state index contributed by atoms with van der Waals surface area (Å²) in [4.78, 5) is 11.3. The molecule has 0 radical (unpaired) electrons. The molecule has 0 spiro atoms. The zero-order valence-electron chi connectivity index (χ0n) is 14.6. The molecular weight excluding hydrogens is 336 g/mol. The lowest BCUT2D eigenvalue weighted by molar-refractivity contribution is 0.0906. The van der Waals surface area contributed by atoms with Crippen molar-refractivity contribution in [2.24, 2.45) is 0 Å². The standard InChI is InChI=1S/C15H30N2O4S2/c1-5-6-8-19-9-7-17-14(18)21-11-10-20-13-22-23-15(2,3)12-16-4/h5-6,16H,7-13H2,1-4H3,(H,17,18)/b6-5+. The van der Waals surface area contributed by atoms with Crippen molar-refractivity contribution in [1.29, 1.82) is 0 Å². The number of carbonyl (C=O) groups is 1. The van der Waals surface area contributed by atoms with E-state index in [2.05, 4.69) is 24.5 Å². The second-order valence-electron chi connectivity index (χ2n) is 5.22. The first-order valence-electron chi connectivity index (χ1n) is 7.64. The van der Waals surface area contributed by atoms with Crippen LogP contribution in [-0.2, 0) is 14.2 Å². The minimum absolute atomic E-state index is 0.161. The third kappa shape index (κ3) is 16.2. The molecule has 23 heavy (non-hydrogen) atoms. The summed E-state index contributed by atoms with van der Waals surface area (Å²) in [6.07, 6.45) is 3.38. The fourth-order valence-corrected chi connectivity index (χ4v) is 3.69. The number of ether oxygens (including phenoxy) is 3. The molecule has 0 aromatic carbocycles. The third-order valence-electron chi connectivity index (χ3n) is 2.44.